The molecule has 3 aliphatic rings. The number of nitrogens with one attached hydrogen (secondary N) is 1. The lowest BCUT2D eigenvalue weighted by atomic mass is 9.82. The highest BCUT2D eigenvalue weighted by molar-refractivity contribution is 7.90. The number of hydrogen-bond acceptors (Lipinski definition) is 18. The minimum absolute atomic E-state index is 0.00623. The average Bonchev–Trinajstić information content (AvgIpc) is 1.55. The Morgan fingerprint density at radius 3 is 1.95 bits per heavy atom. The van der Waals surface area contributed by atoms with Gasteiger partial charge in [-0.1, -0.05) is 126 Å². The number of fused-ring (bicyclic) bond motifs is 1. The third-order valence-corrected chi connectivity index (χ3v) is 17.8. The number of H-pyrrole nitrogens is 1. The number of carboxylic acid groups (broad SMARTS) is 1. The maximum absolute atomic E-state index is 14.1. The number of alkyl halides is 2. The van der Waals surface area contributed by atoms with Crippen LogP contribution in [0, 0.1) is 25.1 Å². The van der Waals surface area contributed by atoms with Crippen LogP contribution in [0.25, 0.3) is 22.4 Å². The lowest BCUT2D eigenvalue weighted by Gasteiger charge is -2.27. The van der Waals surface area contributed by atoms with Gasteiger partial charge in [-0.05, 0) is 101 Å². The summed E-state index contributed by atoms with van der Waals surface area (Å²) >= 11 is 11.7. The number of benzene rings is 5. The van der Waals surface area contributed by atoms with Crippen LogP contribution in [0.15, 0.2) is 128 Å². The molecular weight excluding hydrogens is 1370 g/mol. The van der Waals surface area contributed by atoms with E-state index in [1.165, 1.54) is 42.7 Å². The number of rotatable bonds is 18. The van der Waals surface area contributed by atoms with Crippen LogP contribution in [-0.2, 0) is 89.0 Å². The Kier molecular flexibility index (Phi) is 24.7. The van der Waals surface area contributed by atoms with E-state index in [0.29, 0.717) is 86.4 Å². The Hall–Kier alpha value is -9.77. The average molecular weight is 1440 g/mol. The van der Waals surface area contributed by atoms with E-state index >= 15 is 0 Å². The van der Waals surface area contributed by atoms with E-state index < -0.39 is 69.1 Å². The van der Waals surface area contributed by atoms with Crippen molar-refractivity contribution >= 4 is 68.2 Å². The number of halogens is 5. The fraction of sp³-hybridized carbons (Fsp3) is 0.357. The number of carbonyl (C=O) groups is 4. The second-order valence-electron chi connectivity index (χ2n) is 24.0. The van der Waals surface area contributed by atoms with Crippen LogP contribution in [0.5, 0.6) is 17.5 Å². The molecule has 100 heavy (non-hydrogen) atoms. The summed E-state index contributed by atoms with van der Waals surface area (Å²) in [4.78, 5) is 84.5. The molecule has 8 aromatic rings. The van der Waals surface area contributed by atoms with Gasteiger partial charge in [-0.3, -0.25) is 23.9 Å². The van der Waals surface area contributed by atoms with Gasteiger partial charge in [0.2, 0.25) is 11.8 Å². The molecule has 0 bridgehead atoms. The smallest absolute Gasteiger partial charge is 0.388 e. The Balaban J connectivity index is 0.000000170. The van der Waals surface area contributed by atoms with Crippen molar-refractivity contribution in [1.29, 1.82) is 0 Å². The Morgan fingerprint density at radius 1 is 0.800 bits per heavy atom. The molecule has 0 amide bonds. The summed E-state index contributed by atoms with van der Waals surface area (Å²) in [6.45, 7) is 13.8. The van der Waals surface area contributed by atoms with Crippen molar-refractivity contribution in [2.45, 2.75) is 111 Å². The van der Waals surface area contributed by atoms with Gasteiger partial charge in [0.05, 0.1) is 60.4 Å². The number of aromatic amines is 1. The van der Waals surface area contributed by atoms with E-state index in [-0.39, 0.29) is 54.6 Å². The van der Waals surface area contributed by atoms with Gasteiger partial charge in [-0.15, -0.1) is 0 Å². The minimum Gasteiger partial charge on any atom is -0.480 e. The third kappa shape index (κ3) is 17.1. The molecule has 24 nitrogen and oxygen atoms in total. The summed E-state index contributed by atoms with van der Waals surface area (Å²) in [6.07, 6.45) is 4.84. The summed E-state index contributed by atoms with van der Waals surface area (Å²) in [5.41, 5.74) is 6.16. The maximum Gasteiger partial charge on any atom is 0.388 e. The highest BCUT2D eigenvalue weighted by Gasteiger charge is 2.45. The summed E-state index contributed by atoms with van der Waals surface area (Å²) in [5, 5.41) is 22.5. The molecule has 3 aromatic heterocycles. The highest BCUT2D eigenvalue weighted by Crippen LogP contribution is 2.43. The monoisotopic (exact) mass is 1440 g/mol. The van der Waals surface area contributed by atoms with Crippen LogP contribution < -0.4 is 25.3 Å². The number of ketones is 1. The van der Waals surface area contributed by atoms with Crippen LogP contribution in [0.2, 0.25) is 10.0 Å². The second-order valence-corrected chi connectivity index (χ2v) is 26.8. The van der Waals surface area contributed by atoms with E-state index in [1.807, 2.05) is 81.4 Å². The van der Waals surface area contributed by atoms with Crippen LogP contribution in [0.4, 0.5) is 13.2 Å². The molecule has 11 rings (SSSR count). The fourth-order valence-corrected chi connectivity index (χ4v) is 12.6. The summed E-state index contributed by atoms with van der Waals surface area (Å²) in [7, 11) is -0.735. The van der Waals surface area contributed by atoms with Gasteiger partial charge < -0.3 is 43.6 Å². The Labute approximate surface area is 583 Å². The normalized spacial score (nSPS) is 13.8. The van der Waals surface area contributed by atoms with Gasteiger partial charge >= 0.3 is 24.5 Å². The predicted molar refractivity (Wildman–Crippen MR) is 366 cm³/mol. The predicted octanol–water partition coefficient (Wildman–Crippen LogP) is 11.4. The highest BCUT2D eigenvalue weighted by atomic mass is 35.5. The van der Waals surface area contributed by atoms with Gasteiger partial charge in [0.25, 0.3) is 11.1 Å². The van der Waals surface area contributed by atoms with E-state index in [2.05, 4.69) is 58.1 Å². The van der Waals surface area contributed by atoms with Gasteiger partial charge in [-0.2, -0.15) is 13.9 Å². The number of carboxylic acids is 1. The molecule has 30 heteroatoms. The fourth-order valence-electron chi connectivity index (χ4n) is 11.1. The van der Waals surface area contributed by atoms with Crippen LogP contribution in [0.1, 0.15) is 109 Å². The molecule has 5 aromatic carbocycles. The molecule has 0 fully saturated rings. The number of nitrogens with zero attached hydrogens (tertiary/aromatic N) is 7. The maximum atomic E-state index is 14.1. The molecule has 6 heterocycles. The number of sulfone groups is 1. The molecule has 0 saturated carbocycles. The molecule has 532 valence electrons. The molecule has 2 N–H and O–H groups in total. The van der Waals surface area contributed by atoms with Crippen molar-refractivity contribution in [3.05, 3.63) is 190 Å². The summed E-state index contributed by atoms with van der Waals surface area (Å²) in [6, 6.07) is 28.6. The van der Waals surface area contributed by atoms with Gasteiger partial charge in [-0.25, -0.2) is 36.4 Å². The van der Waals surface area contributed by atoms with Crippen LogP contribution >= 0.6 is 23.2 Å². The molecule has 0 saturated heterocycles. The van der Waals surface area contributed by atoms with Gasteiger partial charge in [0.15, 0.2) is 33.5 Å². The largest absolute Gasteiger partial charge is 0.480 e. The van der Waals surface area contributed by atoms with E-state index in [4.69, 9.17) is 56.9 Å². The van der Waals surface area contributed by atoms with Crippen molar-refractivity contribution < 1.29 is 79.2 Å². The van der Waals surface area contributed by atoms with E-state index in [9.17, 15) is 50.4 Å². The molecule has 0 spiro atoms. The number of aliphatic carboxylic acids is 1. The first kappa shape index (κ1) is 76.0. The summed E-state index contributed by atoms with van der Waals surface area (Å²) < 4.78 is 94.4. The zero-order chi connectivity index (χ0) is 73.1. The lowest BCUT2D eigenvalue weighted by Crippen LogP contribution is -2.29. The van der Waals surface area contributed by atoms with E-state index in [0.717, 1.165) is 63.7 Å². The SMILES string of the molecule is CCOC(=O)C1=NOC(c2ccccc2)(c2ccccc2)C1.CCc1cc(C)cc(CC)c1-c1c(OC(=O)C(C)(C)C)n2n(c1=O)CCOCC2.Cc1c(C(=O)c2c[nH]n(C)c2=O)ccc(S(C)(=O)=O)c1C1=NOCC1.Cn1nc(-c2cc(OCC(=O)O)c(Cl)cc2F)c(Cl)c1OC(F)F. The van der Waals surface area contributed by atoms with Gasteiger partial charge in [0, 0.05) is 60.8 Å². The topological polar surface area (TPSA) is 295 Å². The molecule has 3 aliphatic heterocycles. The Bertz CT molecular complexity index is 4610. The molecule has 0 atom stereocenters. The van der Waals surface area contributed by atoms with E-state index in [1.54, 1.807) is 23.2 Å². The number of aryl methyl sites for hydroxylation is 5. The summed E-state index contributed by atoms with van der Waals surface area (Å²) in [5.74, 6) is -3.61. The van der Waals surface area contributed by atoms with Crippen molar-refractivity contribution in [1.82, 2.24) is 28.9 Å². The number of esters is 2. The first-order valence-corrected chi connectivity index (χ1v) is 34.1. The van der Waals surface area contributed by atoms with Gasteiger partial charge in [0.1, 0.15) is 40.0 Å². The minimum atomic E-state index is -3.52. The molecule has 0 unspecified atom stereocenters. The van der Waals surface area contributed by atoms with Crippen molar-refractivity contribution in [3.8, 4) is 39.9 Å². The van der Waals surface area contributed by atoms with Crippen molar-refractivity contribution in [3.63, 3.8) is 0 Å². The Morgan fingerprint density at radius 2 is 1.42 bits per heavy atom. The number of hydrogen-bond donors (Lipinski definition) is 2. The number of carbonyl (C=O) groups excluding carboxylic acids is 3. The third-order valence-electron chi connectivity index (χ3n) is 16.0. The molecular formula is C70H75Cl2F3N8O16S. The zero-order valence-electron chi connectivity index (χ0n) is 56.7. The van der Waals surface area contributed by atoms with Crippen LogP contribution in [0.3, 0.4) is 0 Å². The first-order valence-electron chi connectivity index (χ1n) is 31.5. The molecule has 0 radical (unpaired) electrons. The molecule has 0 aliphatic carbocycles. The number of oxime groups is 2. The number of aromatic nitrogens is 6. The quantitative estimate of drug-likeness (QED) is 0.0596. The second kappa shape index (κ2) is 32.5. The number of ether oxygens (including phenoxy) is 5. The first-order chi connectivity index (χ1) is 47.4. The van der Waals surface area contributed by atoms with Crippen LogP contribution in [-0.4, -0.2) is 123 Å². The zero-order valence-corrected chi connectivity index (χ0v) is 59.0. The van der Waals surface area contributed by atoms with Crippen molar-refractivity contribution in [2.75, 3.05) is 39.3 Å². The van der Waals surface area contributed by atoms with Crippen molar-refractivity contribution in [2.24, 2.45) is 29.8 Å². The standard InChI is InChI=1S/C23H32N2O4.C18H17NO3.C16H17N3O5S.C13H9Cl2F3N2O4/c1-7-16-13-15(3)14-17(8-2)18(16)19-20(26)24-9-11-28-12-10-25(24)21(19)29-22(27)23(4,5)6;1-2-21-17(20)16-13-18(22-19-16,14-9-5-3-6-10-14)15-11-7-4-8-12-15;1-9-10(15(20)11-8-17-19(2)16(11)21)4-5-13(25(3,22)23)14(9)12-6-7-24-18-12;1-20-12(24-13(17)18)10(15)11(19-20)5-2-8(23-4-9(21)22)6(14)3-7(5)16/h13-14H,7-12H2,1-6H3;3-12H,2,13H2,1H3;4-5,8,17H,6-7H2,1-3H3;2-3,13H,4H2,1H3,(H,21,22). The lowest BCUT2D eigenvalue weighted by molar-refractivity contribution is -0.143.